The molecule has 0 bridgehead atoms. The Bertz CT molecular complexity index is 589. The summed E-state index contributed by atoms with van der Waals surface area (Å²) in [4.78, 5) is 48.3. The van der Waals surface area contributed by atoms with E-state index in [0.29, 0.717) is 19.3 Å². The molecule has 0 spiro atoms. The minimum atomic E-state index is -1.20. The van der Waals surface area contributed by atoms with Crippen LogP contribution in [0.5, 0.6) is 0 Å². The lowest BCUT2D eigenvalue weighted by Crippen LogP contribution is -2.60. The molecular weight excluding hydrogens is 396 g/mol. The molecule has 1 saturated heterocycles. The standard InChI is InChI=1S/C21H34O9/c1-5-9-15(22)28-14-12-27-18(13(8-4)21(25)26)20(30-17(24)11-7-3)19(14)29-16(23)10-6-2/h13-14,18-20H,5-12H2,1-4H3,(H,25,26)/t13?,14-,18-,19+,20-/m1/s1. The second-order valence-electron chi connectivity index (χ2n) is 7.34. The summed E-state index contributed by atoms with van der Waals surface area (Å²) in [7, 11) is 0. The first kappa shape index (κ1) is 25.9. The number of hydrogen-bond acceptors (Lipinski definition) is 8. The molecule has 1 fully saturated rings. The molecule has 1 rings (SSSR count). The van der Waals surface area contributed by atoms with E-state index in [9.17, 15) is 24.3 Å². The molecular formula is C21H34O9. The Labute approximate surface area is 177 Å². The van der Waals surface area contributed by atoms with Gasteiger partial charge in [0.25, 0.3) is 0 Å². The number of ether oxygens (including phenoxy) is 4. The van der Waals surface area contributed by atoms with Crippen molar-refractivity contribution in [2.24, 2.45) is 5.92 Å². The first-order chi connectivity index (χ1) is 14.3. The second kappa shape index (κ2) is 13.2. The van der Waals surface area contributed by atoms with E-state index in [4.69, 9.17) is 18.9 Å². The monoisotopic (exact) mass is 430 g/mol. The van der Waals surface area contributed by atoms with Gasteiger partial charge in [-0.05, 0) is 25.7 Å². The predicted octanol–water partition coefficient (Wildman–Crippen LogP) is 2.63. The van der Waals surface area contributed by atoms with Crippen LogP contribution in [0.3, 0.4) is 0 Å². The number of aliphatic carboxylic acids is 1. The highest BCUT2D eigenvalue weighted by molar-refractivity contribution is 5.73. The highest BCUT2D eigenvalue weighted by Gasteiger charge is 2.51. The summed E-state index contributed by atoms with van der Waals surface area (Å²) in [6.07, 6.45) is -2.09. The van der Waals surface area contributed by atoms with Crippen LogP contribution in [0.25, 0.3) is 0 Å². The largest absolute Gasteiger partial charge is 0.481 e. The molecule has 30 heavy (non-hydrogen) atoms. The third-order valence-corrected chi connectivity index (χ3v) is 4.80. The van der Waals surface area contributed by atoms with E-state index in [1.54, 1.807) is 13.8 Å². The Morgan fingerprint density at radius 3 is 1.73 bits per heavy atom. The average molecular weight is 430 g/mol. The van der Waals surface area contributed by atoms with Gasteiger partial charge < -0.3 is 24.1 Å². The maximum Gasteiger partial charge on any atom is 0.309 e. The predicted molar refractivity (Wildman–Crippen MR) is 106 cm³/mol. The van der Waals surface area contributed by atoms with Gasteiger partial charge in [-0.15, -0.1) is 0 Å². The highest BCUT2D eigenvalue weighted by atomic mass is 16.6. The zero-order valence-corrected chi connectivity index (χ0v) is 18.3. The zero-order valence-electron chi connectivity index (χ0n) is 18.3. The number of carbonyl (C=O) groups is 4. The number of carboxylic acids is 1. The molecule has 0 aromatic heterocycles. The normalized spacial score (nSPS) is 24.5. The Balaban J connectivity index is 3.25. The summed E-state index contributed by atoms with van der Waals surface area (Å²) in [6.45, 7) is 6.95. The minimum Gasteiger partial charge on any atom is -0.481 e. The van der Waals surface area contributed by atoms with Gasteiger partial charge in [0.2, 0.25) is 0 Å². The number of carbonyl (C=O) groups excluding carboxylic acids is 3. The number of esters is 3. The van der Waals surface area contributed by atoms with E-state index in [1.165, 1.54) is 0 Å². The average Bonchev–Trinajstić information content (AvgIpc) is 2.66. The van der Waals surface area contributed by atoms with Gasteiger partial charge >= 0.3 is 23.9 Å². The molecule has 0 aromatic carbocycles. The summed E-state index contributed by atoms with van der Waals surface area (Å²) >= 11 is 0. The Morgan fingerprint density at radius 2 is 1.30 bits per heavy atom. The molecule has 1 aliphatic heterocycles. The van der Waals surface area contributed by atoms with Crippen LogP contribution in [0.4, 0.5) is 0 Å². The lowest BCUT2D eigenvalue weighted by atomic mass is 9.88. The lowest BCUT2D eigenvalue weighted by Gasteiger charge is -2.42. The third kappa shape index (κ3) is 7.59. The lowest BCUT2D eigenvalue weighted by molar-refractivity contribution is -0.236. The molecule has 1 N–H and O–H groups in total. The van der Waals surface area contributed by atoms with Crippen LogP contribution in [0, 0.1) is 5.92 Å². The first-order valence-electron chi connectivity index (χ1n) is 10.7. The summed E-state index contributed by atoms with van der Waals surface area (Å²) in [5, 5.41) is 9.60. The molecule has 9 heteroatoms. The molecule has 0 radical (unpaired) electrons. The van der Waals surface area contributed by atoms with Crippen LogP contribution in [0.2, 0.25) is 0 Å². The zero-order chi connectivity index (χ0) is 22.7. The fourth-order valence-electron chi connectivity index (χ4n) is 3.33. The molecule has 9 nitrogen and oxygen atoms in total. The number of hydrogen-bond donors (Lipinski definition) is 1. The van der Waals surface area contributed by atoms with Crippen LogP contribution in [-0.2, 0) is 38.1 Å². The van der Waals surface area contributed by atoms with Crippen molar-refractivity contribution in [1.29, 1.82) is 0 Å². The Morgan fingerprint density at radius 1 is 0.833 bits per heavy atom. The molecule has 1 unspecified atom stereocenters. The van der Waals surface area contributed by atoms with Crippen molar-refractivity contribution < 1.29 is 43.2 Å². The number of rotatable bonds is 12. The molecule has 5 atom stereocenters. The summed E-state index contributed by atoms with van der Waals surface area (Å²) in [6, 6.07) is 0. The van der Waals surface area contributed by atoms with E-state index in [1.807, 2.05) is 13.8 Å². The third-order valence-electron chi connectivity index (χ3n) is 4.80. The Kier molecular flexibility index (Phi) is 11.4. The molecule has 1 heterocycles. The molecule has 0 aromatic rings. The van der Waals surface area contributed by atoms with Crippen LogP contribution in [0.1, 0.15) is 72.6 Å². The second-order valence-corrected chi connectivity index (χ2v) is 7.34. The van der Waals surface area contributed by atoms with Gasteiger partial charge in [0.1, 0.15) is 6.10 Å². The summed E-state index contributed by atoms with van der Waals surface area (Å²) < 4.78 is 22.3. The van der Waals surface area contributed by atoms with Crippen LogP contribution >= 0.6 is 0 Å². The van der Waals surface area contributed by atoms with Crippen LogP contribution in [-0.4, -0.2) is 60.0 Å². The molecule has 0 saturated carbocycles. The van der Waals surface area contributed by atoms with Gasteiger partial charge in [0.15, 0.2) is 18.3 Å². The van der Waals surface area contributed by atoms with Crippen molar-refractivity contribution in [2.45, 2.75) is 97.1 Å². The minimum absolute atomic E-state index is 0.114. The summed E-state index contributed by atoms with van der Waals surface area (Å²) in [5.41, 5.74) is 0. The first-order valence-corrected chi connectivity index (χ1v) is 10.7. The maximum atomic E-state index is 12.3. The molecule has 1 aliphatic rings. The van der Waals surface area contributed by atoms with Gasteiger partial charge in [-0.2, -0.15) is 0 Å². The van der Waals surface area contributed by atoms with E-state index in [0.717, 1.165) is 0 Å². The Hall–Kier alpha value is -2.16. The van der Waals surface area contributed by atoms with Crippen molar-refractivity contribution in [2.75, 3.05) is 6.61 Å². The fraction of sp³-hybridized carbons (Fsp3) is 0.810. The SMILES string of the molecule is CCCC(=O)O[C@@H]1[C@H](OC(=O)CCC)[C@@H](C(CC)C(=O)O)OC[C@H]1OC(=O)CCC. The topological polar surface area (TPSA) is 125 Å². The van der Waals surface area contributed by atoms with Gasteiger partial charge in [-0.3, -0.25) is 19.2 Å². The maximum absolute atomic E-state index is 12.3. The molecule has 0 amide bonds. The van der Waals surface area contributed by atoms with Gasteiger partial charge in [-0.1, -0.05) is 27.7 Å². The van der Waals surface area contributed by atoms with Gasteiger partial charge in [-0.25, -0.2) is 0 Å². The van der Waals surface area contributed by atoms with Gasteiger partial charge in [0.05, 0.1) is 12.5 Å². The van der Waals surface area contributed by atoms with E-state index in [2.05, 4.69) is 0 Å². The number of carboxylic acid groups (broad SMARTS) is 1. The quantitative estimate of drug-likeness (QED) is 0.367. The van der Waals surface area contributed by atoms with Crippen molar-refractivity contribution in [3.05, 3.63) is 0 Å². The van der Waals surface area contributed by atoms with Crippen molar-refractivity contribution in [3.8, 4) is 0 Å². The van der Waals surface area contributed by atoms with Gasteiger partial charge in [0, 0.05) is 19.3 Å². The van der Waals surface area contributed by atoms with E-state index < -0.39 is 54.2 Å². The van der Waals surface area contributed by atoms with Crippen molar-refractivity contribution in [3.63, 3.8) is 0 Å². The fourth-order valence-corrected chi connectivity index (χ4v) is 3.33. The molecule has 0 aliphatic carbocycles. The van der Waals surface area contributed by atoms with Crippen molar-refractivity contribution >= 4 is 23.9 Å². The highest BCUT2D eigenvalue weighted by Crippen LogP contribution is 2.31. The molecule has 172 valence electrons. The summed E-state index contributed by atoms with van der Waals surface area (Å²) in [5.74, 6) is -3.69. The van der Waals surface area contributed by atoms with Crippen molar-refractivity contribution in [1.82, 2.24) is 0 Å². The van der Waals surface area contributed by atoms with Crippen LogP contribution < -0.4 is 0 Å². The van der Waals surface area contributed by atoms with Crippen LogP contribution in [0.15, 0.2) is 0 Å². The van der Waals surface area contributed by atoms with E-state index >= 15 is 0 Å². The smallest absolute Gasteiger partial charge is 0.309 e. The van der Waals surface area contributed by atoms with E-state index in [-0.39, 0.29) is 32.3 Å².